The molecule has 0 spiro atoms. The third-order valence-corrected chi connectivity index (χ3v) is 4.56. The first-order valence-electron chi connectivity index (χ1n) is 6.62. The molecule has 0 aliphatic carbocycles. The number of hydrogen-bond donors (Lipinski definition) is 1. The number of hydrogen-bond acceptors (Lipinski definition) is 4. The zero-order chi connectivity index (χ0) is 15.4. The minimum atomic E-state index is -0.842. The Bertz CT molecular complexity index is 644. The molecule has 0 fully saturated rings. The summed E-state index contributed by atoms with van der Waals surface area (Å²) in [5, 5.41) is 9.60. The molecule has 1 atom stereocenters. The molecule has 1 aromatic carbocycles. The Hall–Kier alpha value is -0.800. The molecule has 1 unspecified atom stereocenters. The van der Waals surface area contributed by atoms with Crippen LogP contribution in [0.1, 0.15) is 19.9 Å². The SMILES string of the molecule is CCOCC(C)n1c(SCC(=O)O)nc2cc(I)ccc21. The van der Waals surface area contributed by atoms with Crippen LogP contribution in [0.4, 0.5) is 0 Å². The lowest BCUT2D eigenvalue weighted by atomic mass is 10.3. The molecule has 2 aromatic rings. The van der Waals surface area contributed by atoms with Crippen LogP contribution in [0.25, 0.3) is 11.0 Å². The molecule has 0 saturated carbocycles. The number of rotatable bonds is 7. The third-order valence-electron chi connectivity index (χ3n) is 2.95. The Kier molecular flexibility index (Phi) is 5.88. The topological polar surface area (TPSA) is 64.3 Å². The lowest BCUT2D eigenvalue weighted by Crippen LogP contribution is -2.13. The molecule has 114 valence electrons. The lowest BCUT2D eigenvalue weighted by molar-refractivity contribution is -0.133. The maximum absolute atomic E-state index is 10.8. The van der Waals surface area contributed by atoms with Gasteiger partial charge in [-0.15, -0.1) is 0 Å². The number of aliphatic carboxylic acids is 1. The first kappa shape index (κ1) is 16.6. The van der Waals surface area contributed by atoms with Gasteiger partial charge in [-0.2, -0.15) is 0 Å². The molecule has 0 aliphatic rings. The van der Waals surface area contributed by atoms with Crippen LogP contribution < -0.4 is 0 Å². The van der Waals surface area contributed by atoms with E-state index in [2.05, 4.69) is 39.1 Å². The maximum atomic E-state index is 10.8. The van der Waals surface area contributed by atoms with Gasteiger partial charge in [0.05, 0.1) is 29.4 Å². The summed E-state index contributed by atoms with van der Waals surface area (Å²) in [5.74, 6) is -0.840. The summed E-state index contributed by atoms with van der Waals surface area (Å²) in [7, 11) is 0. The van der Waals surface area contributed by atoms with Crippen molar-refractivity contribution >= 4 is 51.4 Å². The van der Waals surface area contributed by atoms with Gasteiger partial charge in [0.15, 0.2) is 5.16 Å². The fourth-order valence-corrected chi connectivity index (χ4v) is 3.37. The van der Waals surface area contributed by atoms with Crippen molar-refractivity contribution in [2.75, 3.05) is 19.0 Å². The largest absolute Gasteiger partial charge is 0.481 e. The summed E-state index contributed by atoms with van der Waals surface area (Å²) in [4.78, 5) is 15.4. The average molecular weight is 420 g/mol. The van der Waals surface area contributed by atoms with E-state index in [0.29, 0.717) is 13.2 Å². The second-order valence-electron chi connectivity index (χ2n) is 4.59. The molecule has 0 bridgehead atoms. The van der Waals surface area contributed by atoms with Crippen LogP contribution in [0.15, 0.2) is 23.4 Å². The summed E-state index contributed by atoms with van der Waals surface area (Å²) in [6.07, 6.45) is 0. The van der Waals surface area contributed by atoms with Crippen LogP contribution >= 0.6 is 34.4 Å². The Morgan fingerprint density at radius 3 is 3.00 bits per heavy atom. The standard InChI is InChI=1S/C14H17IN2O3S/c1-3-20-7-9(2)17-12-5-4-10(15)6-11(12)16-14(17)21-8-13(18)19/h4-6,9H,3,7-8H2,1-2H3,(H,18,19). The molecule has 1 N–H and O–H groups in total. The van der Waals surface area contributed by atoms with Gasteiger partial charge in [-0.25, -0.2) is 4.98 Å². The van der Waals surface area contributed by atoms with E-state index in [1.54, 1.807) is 0 Å². The van der Waals surface area contributed by atoms with E-state index >= 15 is 0 Å². The number of ether oxygens (including phenoxy) is 1. The number of aromatic nitrogens is 2. The lowest BCUT2D eigenvalue weighted by Gasteiger charge is -2.17. The van der Waals surface area contributed by atoms with Crippen LogP contribution in [-0.2, 0) is 9.53 Å². The second kappa shape index (κ2) is 7.46. The average Bonchev–Trinajstić information content (AvgIpc) is 2.79. The van der Waals surface area contributed by atoms with E-state index in [1.165, 1.54) is 11.8 Å². The molecular formula is C14H17IN2O3S. The first-order chi connectivity index (χ1) is 10.0. The summed E-state index contributed by atoms with van der Waals surface area (Å²) in [6, 6.07) is 6.16. The van der Waals surface area contributed by atoms with Gasteiger partial charge < -0.3 is 14.4 Å². The molecule has 0 radical (unpaired) electrons. The minimum Gasteiger partial charge on any atom is -0.481 e. The number of benzene rings is 1. The van der Waals surface area contributed by atoms with Gasteiger partial charge >= 0.3 is 5.97 Å². The fourth-order valence-electron chi connectivity index (χ4n) is 2.07. The predicted octanol–water partition coefficient (Wildman–Crippen LogP) is 3.42. The molecule has 1 heterocycles. The van der Waals surface area contributed by atoms with Gasteiger partial charge in [0.2, 0.25) is 0 Å². The zero-order valence-corrected chi connectivity index (χ0v) is 14.8. The number of carboxylic acids is 1. The quantitative estimate of drug-likeness (QED) is 0.550. The normalized spacial score (nSPS) is 12.7. The summed E-state index contributed by atoms with van der Waals surface area (Å²) < 4.78 is 8.67. The molecule has 0 amide bonds. The number of nitrogens with zero attached hydrogens (tertiary/aromatic N) is 2. The van der Waals surface area contributed by atoms with Gasteiger partial charge in [0.1, 0.15) is 0 Å². The highest BCUT2D eigenvalue weighted by atomic mass is 127. The monoisotopic (exact) mass is 420 g/mol. The van der Waals surface area contributed by atoms with Gasteiger partial charge in [0, 0.05) is 10.2 Å². The number of carbonyl (C=O) groups is 1. The van der Waals surface area contributed by atoms with Crippen molar-refractivity contribution in [2.45, 2.75) is 25.0 Å². The number of carboxylic acid groups (broad SMARTS) is 1. The van der Waals surface area contributed by atoms with Crippen molar-refractivity contribution in [3.63, 3.8) is 0 Å². The van der Waals surface area contributed by atoms with Crippen molar-refractivity contribution in [1.29, 1.82) is 0 Å². The van der Waals surface area contributed by atoms with Crippen molar-refractivity contribution in [3.05, 3.63) is 21.8 Å². The van der Waals surface area contributed by atoms with Crippen LogP contribution in [-0.4, -0.2) is 39.6 Å². The van der Waals surface area contributed by atoms with E-state index < -0.39 is 5.97 Å². The number of thioether (sulfide) groups is 1. The molecule has 7 heteroatoms. The molecule has 0 aliphatic heterocycles. The number of imidazole rings is 1. The highest BCUT2D eigenvalue weighted by molar-refractivity contribution is 14.1. The zero-order valence-electron chi connectivity index (χ0n) is 11.9. The van der Waals surface area contributed by atoms with E-state index in [-0.39, 0.29) is 11.8 Å². The van der Waals surface area contributed by atoms with Crippen molar-refractivity contribution < 1.29 is 14.6 Å². The minimum absolute atomic E-state index is 0.00175. The van der Waals surface area contributed by atoms with E-state index in [4.69, 9.17) is 9.84 Å². The Balaban J connectivity index is 2.41. The highest BCUT2D eigenvalue weighted by Crippen LogP contribution is 2.29. The van der Waals surface area contributed by atoms with Gasteiger partial charge in [0.25, 0.3) is 0 Å². The number of halogens is 1. The predicted molar refractivity (Wildman–Crippen MR) is 92.0 cm³/mol. The van der Waals surface area contributed by atoms with Crippen LogP contribution in [0.3, 0.4) is 0 Å². The van der Waals surface area contributed by atoms with Crippen molar-refractivity contribution in [3.8, 4) is 0 Å². The van der Waals surface area contributed by atoms with Gasteiger partial charge in [-0.05, 0) is 54.6 Å². The van der Waals surface area contributed by atoms with Crippen LogP contribution in [0, 0.1) is 3.57 Å². The molecular weight excluding hydrogens is 403 g/mol. The van der Waals surface area contributed by atoms with Crippen LogP contribution in [0.5, 0.6) is 0 Å². The first-order valence-corrected chi connectivity index (χ1v) is 8.69. The summed E-state index contributed by atoms with van der Waals surface area (Å²) in [6.45, 7) is 5.25. The van der Waals surface area contributed by atoms with Crippen molar-refractivity contribution in [2.24, 2.45) is 0 Å². The second-order valence-corrected chi connectivity index (χ2v) is 6.78. The molecule has 1 aromatic heterocycles. The Labute approximate surface area is 141 Å². The Morgan fingerprint density at radius 2 is 2.33 bits per heavy atom. The smallest absolute Gasteiger partial charge is 0.313 e. The molecule has 0 saturated heterocycles. The Morgan fingerprint density at radius 1 is 1.57 bits per heavy atom. The van der Waals surface area contributed by atoms with E-state index in [0.717, 1.165) is 19.8 Å². The molecule has 21 heavy (non-hydrogen) atoms. The number of fused-ring (bicyclic) bond motifs is 1. The van der Waals surface area contributed by atoms with Gasteiger partial charge in [-0.1, -0.05) is 11.8 Å². The van der Waals surface area contributed by atoms with E-state index in [9.17, 15) is 4.79 Å². The highest BCUT2D eigenvalue weighted by Gasteiger charge is 2.17. The summed E-state index contributed by atoms with van der Waals surface area (Å²) >= 11 is 3.49. The maximum Gasteiger partial charge on any atom is 0.313 e. The van der Waals surface area contributed by atoms with Crippen LogP contribution in [0.2, 0.25) is 0 Å². The molecule has 5 nitrogen and oxygen atoms in total. The van der Waals surface area contributed by atoms with Gasteiger partial charge in [-0.3, -0.25) is 4.79 Å². The van der Waals surface area contributed by atoms with Crippen molar-refractivity contribution in [1.82, 2.24) is 9.55 Å². The van der Waals surface area contributed by atoms with E-state index in [1.807, 2.05) is 25.1 Å². The molecule has 2 rings (SSSR count). The third kappa shape index (κ3) is 4.10. The summed E-state index contributed by atoms with van der Waals surface area (Å²) in [5.41, 5.74) is 1.90. The fraction of sp³-hybridized carbons (Fsp3) is 0.429.